The molecule has 92 valence electrons. The van der Waals surface area contributed by atoms with Gasteiger partial charge in [-0.15, -0.1) is 0 Å². The van der Waals surface area contributed by atoms with Gasteiger partial charge in [0.1, 0.15) is 0 Å². The fourth-order valence-electron chi connectivity index (χ4n) is 2.15. The summed E-state index contributed by atoms with van der Waals surface area (Å²) in [6.45, 7) is 5.05. The summed E-state index contributed by atoms with van der Waals surface area (Å²) in [6.07, 6.45) is 3.89. The molecule has 0 aliphatic carbocycles. The molecule has 17 heavy (non-hydrogen) atoms. The second-order valence-electron chi connectivity index (χ2n) is 4.21. The molecule has 0 bridgehead atoms. The second kappa shape index (κ2) is 4.71. The van der Waals surface area contributed by atoms with E-state index in [2.05, 4.69) is 28.6 Å². The van der Waals surface area contributed by atoms with E-state index in [4.69, 9.17) is 0 Å². The molecule has 2 aromatic rings. The minimum Gasteiger partial charge on any atom is -0.305 e. The SMILES string of the molecule is CCNC(c1cn(C)nc1C)c1ccnn1C. The Morgan fingerprint density at radius 1 is 1.41 bits per heavy atom. The predicted octanol–water partition coefficient (Wildman–Crippen LogP) is 1.16. The molecule has 2 aromatic heterocycles. The van der Waals surface area contributed by atoms with Gasteiger partial charge in [-0.1, -0.05) is 6.92 Å². The summed E-state index contributed by atoms with van der Waals surface area (Å²) in [5.74, 6) is 0. The van der Waals surface area contributed by atoms with Crippen molar-refractivity contribution in [1.29, 1.82) is 0 Å². The topological polar surface area (TPSA) is 47.7 Å². The van der Waals surface area contributed by atoms with Gasteiger partial charge in [0.2, 0.25) is 0 Å². The van der Waals surface area contributed by atoms with E-state index in [1.54, 1.807) is 0 Å². The zero-order valence-electron chi connectivity index (χ0n) is 10.8. The summed E-state index contributed by atoms with van der Waals surface area (Å²) in [7, 11) is 3.91. The molecule has 0 aliphatic heterocycles. The van der Waals surface area contributed by atoms with Gasteiger partial charge in [0.05, 0.1) is 17.4 Å². The van der Waals surface area contributed by atoms with Crippen molar-refractivity contribution < 1.29 is 0 Å². The van der Waals surface area contributed by atoms with Gasteiger partial charge in [0, 0.05) is 32.1 Å². The Balaban J connectivity index is 2.42. The molecule has 0 aromatic carbocycles. The molecule has 0 fully saturated rings. The number of nitrogens with zero attached hydrogens (tertiary/aromatic N) is 4. The monoisotopic (exact) mass is 233 g/mol. The maximum absolute atomic E-state index is 4.40. The molecule has 1 N–H and O–H groups in total. The van der Waals surface area contributed by atoms with Crippen molar-refractivity contribution in [3.05, 3.63) is 35.4 Å². The Morgan fingerprint density at radius 3 is 2.65 bits per heavy atom. The highest BCUT2D eigenvalue weighted by Gasteiger charge is 2.20. The van der Waals surface area contributed by atoms with Crippen LogP contribution in [0, 0.1) is 6.92 Å². The van der Waals surface area contributed by atoms with Gasteiger partial charge >= 0.3 is 0 Å². The molecule has 0 spiro atoms. The third-order valence-corrected chi connectivity index (χ3v) is 2.93. The molecule has 2 rings (SSSR count). The molecule has 0 saturated heterocycles. The van der Waals surface area contributed by atoms with Crippen molar-refractivity contribution >= 4 is 0 Å². The standard InChI is InChI=1S/C12H19N5/c1-5-13-12(11-6-7-14-17(11)4)10-8-16(3)15-9(10)2/h6-8,12-13H,5H2,1-4H3. The van der Waals surface area contributed by atoms with Crippen LogP contribution >= 0.6 is 0 Å². The van der Waals surface area contributed by atoms with Crippen LogP contribution in [0.3, 0.4) is 0 Å². The summed E-state index contributed by atoms with van der Waals surface area (Å²) < 4.78 is 3.76. The van der Waals surface area contributed by atoms with Gasteiger partial charge in [0.25, 0.3) is 0 Å². The van der Waals surface area contributed by atoms with Gasteiger partial charge in [0.15, 0.2) is 0 Å². The molecule has 5 heteroatoms. The Morgan fingerprint density at radius 2 is 2.18 bits per heavy atom. The van der Waals surface area contributed by atoms with Crippen molar-refractivity contribution in [1.82, 2.24) is 24.9 Å². The van der Waals surface area contributed by atoms with Crippen LogP contribution in [0.15, 0.2) is 18.5 Å². The Kier molecular flexibility index (Phi) is 3.28. The average molecular weight is 233 g/mol. The van der Waals surface area contributed by atoms with Crippen molar-refractivity contribution in [2.45, 2.75) is 19.9 Å². The molecule has 0 radical (unpaired) electrons. The normalized spacial score (nSPS) is 12.9. The fourth-order valence-corrected chi connectivity index (χ4v) is 2.15. The lowest BCUT2D eigenvalue weighted by Crippen LogP contribution is -2.24. The fraction of sp³-hybridized carbons (Fsp3) is 0.500. The minimum absolute atomic E-state index is 0.154. The van der Waals surface area contributed by atoms with Crippen molar-refractivity contribution in [2.24, 2.45) is 14.1 Å². The van der Waals surface area contributed by atoms with E-state index in [0.29, 0.717) is 0 Å². The first-order valence-electron chi connectivity index (χ1n) is 5.85. The van der Waals surface area contributed by atoms with Crippen LogP contribution in [0.4, 0.5) is 0 Å². The summed E-state index contributed by atoms with van der Waals surface area (Å²) in [4.78, 5) is 0. The van der Waals surface area contributed by atoms with Crippen molar-refractivity contribution in [3.8, 4) is 0 Å². The zero-order valence-corrected chi connectivity index (χ0v) is 10.8. The van der Waals surface area contributed by atoms with E-state index in [1.165, 1.54) is 5.56 Å². The van der Waals surface area contributed by atoms with Crippen molar-refractivity contribution in [3.63, 3.8) is 0 Å². The maximum Gasteiger partial charge on any atom is 0.0781 e. The molecular formula is C12H19N5. The van der Waals surface area contributed by atoms with Gasteiger partial charge in [-0.05, 0) is 19.5 Å². The van der Waals surface area contributed by atoms with E-state index >= 15 is 0 Å². The lowest BCUT2D eigenvalue weighted by Gasteiger charge is -2.17. The largest absolute Gasteiger partial charge is 0.305 e. The van der Waals surface area contributed by atoms with Crippen LogP contribution in [-0.2, 0) is 14.1 Å². The molecule has 0 aliphatic rings. The molecule has 2 heterocycles. The Bertz CT molecular complexity index is 497. The van der Waals surface area contributed by atoms with E-state index in [1.807, 2.05) is 42.6 Å². The van der Waals surface area contributed by atoms with Gasteiger partial charge < -0.3 is 5.32 Å². The van der Waals surface area contributed by atoms with Crippen LogP contribution in [0.2, 0.25) is 0 Å². The van der Waals surface area contributed by atoms with Gasteiger partial charge in [-0.2, -0.15) is 10.2 Å². The smallest absolute Gasteiger partial charge is 0.0781 e. The third-order valence-electron chi connectivity index (χ3n) is 2.93. The van der Waals surface area contributed by atoms with Gasteiger partial charge in [-0.25, -0.2) is 0 Å². The number of nitrogens with one attached hydrogen (secondary N) is 1. The van der Waals surface area contributed by atoms with Crippen LogP contribution in [-0.4, -0.2) is 26.1 Å². The molecule has 0 saturated carbocycles. The lowest BCUT2D eigenvalue weighted by atomic mass is 10.0. The second-order valence-corrected chi connectivity index (χ2v) is 4.21. The van der Waals surface area contributed by atoms with E-state index in [-0.39, 0.29) is 6.04 Å². The number of aryl methyl sites for hydroxylation is 3. The lowest BCUT2D eigenvalue weighted by molar-refractivity contribution is 0.570. The number of hydrogen-bond donors (Lipinski definition) is 1. The quantitative estimate of drug-likeness (QED) is 0.862. The summed E-state index contributed by atoms with van der Waals surface area (Å²) in [5, 5.41) is 12.1. The first-order chi connectivity index (χ1) is 8.13. The van der Waals surface area contributed by atoms with E-state index in [9.17, 15) is 0 Å². The van der Waals surface area contributed by atoms with Crippen molar-refractivity contribution in [2.75, 3.05) is 6.54 Å². The number of hydrogen-bond acceptors (Lipinski definition) is 3. The number of rotatable bonds is 4. The predicted molar refractivity (Wildman–Crippen MR) is 66.7 cm³/mol. The summed E-state index contributed by atoms with van der Waals surface area (Å²) in [5.41, 5.74) is 3.42. The molecular weight excluding hydrogens is 214 g/mol. The summed E-state index contributed by atoms with van der Waals surface area (Å²) >= 11 is 0. The maximum atomic E-state index is 4.40. The first kappa shape index (κ1) is 11.9. The molecule has 5 nitrogen and oxygen atoms in total. The zero-order chi connectivity index (χ0) is 12.4. The Hall–Kier alpha value is -1.62. The van der Waals surface area contributed by atoms with Crippen LogP contribution in [0.5, 0.6) is 0 Å². The Labute approximate surface area is 101 Å². The molecule has 0 amide bonds. The number of aromatic nitrogens is 4. The third kappa shape index (κ3) is 2.24. The van der Waals surface area contributed by atoms with Crippen LogP contribution in [0.25, 0.3) is 0 Å². The van der Waals surface area contributed by atoms with Gasteiger partial charge in [-0.3, -0.25) is 9.36 Å². The molecule has 1 unspecified atom stereocenters. The highest BCUT2D eigenvalue weighted by Crippen LogP contribution is 2.23. The average Bonchev–Trinajstić information content (AvgIpc) is 2.82. The first-order valence-corrected chi connectivity index (χ1v) is 5.85. The highest BCUT2D eigenvalue weighted by molar-refractivity contribution is 5.28. The van der Waals surface area contributed by atoms with E-state index in [0.717, 1.165) is 17.9 Å². The van der Waals surface area contributed by atoms with E-state index < -0.39 is 0 Å². The minimum atomic E-state index is 0.154. The van der Waals surface area contributed by atoms with Crippen LogP contribution < -0.4 is 5.32 Å². The highest BCUT2D eigenvalue weighted by atomic mass is 15.3. The summed E-state index contributed by atoms with van der Waals surface area (Å²) in [6, 6.07) is 2.20. The molecule has 1 atom stereocenters. The van der Waals surface area contributed by atoms with Crippen LogP contribution in [0.1, 0.15) is 29.9 Å².